The van der Waals surface area contributed by atoms with Gasteiger partial charge in [0.15, 0.2) is 15.6 Å². The molecule has 0 aliphatic carbocycles. The molecule has 1 N–H and O–H groups in total. The summed E-state index contributed by atoms with van der Waals surface area (Å²) < 4.78 is 29.7. The molecule has 0 heterocycles. The second-order valence-electron chi connectivity index (χ2n) is 7.36. The van der Waals surface area contributed by atoms with Crippen molar-refractivity contribution in [3.8, 4) is 16.9 Å². The lowest BCUT2D eigenvalue weighted by atomic mass is 9.92. The lowest BCUT2D eigenvalue weighted by Crippen LogP contribution is -2.15. The second kappa shape index (κ2) is 9.13. The fourth-order valence-electron chi connectivity index (χ4n) is 3.25. The highest BCUT2D eigenvalue weighted by Crippen LogP contribution is 2.29. The van der Waals surface area contributed by atoms with Gasteiger partial charge in [0.05, 0.1) is 4.90 Å². The van der Waals surface area contributed by atoms with E-state index in [1.165, 1.54) is 35.4 Å². The highest BCUT2D eigenvalue weighted by molar-refractivity contribution is 7.92. The number of sulfone groups is 1. The Bertz CT molecular complexity index is 1130. The summed E-state index contributed by atoms with van der Waals surface area (Å²) in [6.45, 7) is 4.68. The molecule has 6 heteroatoms. The van der Waals surface area contributed by atoms with Crippen LogP contribution in [0.25, 0.3) is 11.1 Å². The Kier molecular flexibility index (Phi) is 6.57. The average Bonchev–Trinajstić information content (AvgIpc) is 2.72. The average molecular weight is 425 g/mol. The summed E-state index contributed by atoms with van der Waals surface area (Å²) in [6, 6.07) is 22.3. The molecule has 0 radical (unpaired) electrons. The minimum atomic E-state index is -3.85. The molecule has 0 spiro atoms. The maximum Gasteiger partial charge on any atom is 0.319 e. The van der Waals surface area contributed by atoms with Crippen LogP contribution in [0.15, 0.2) is 77.7 Å². The maximum absolute atomic E-state index is 12.0. The Morgan fingerprint density at radius 2 is 1.67 bits per heavy atom. The topological polar surface area (TPSA) is 80.7 Å². The van der Waals surface area contributed by atoms with Crippen LogP contribution >= 0.6 is 0 Å². The molecule has 30 heavy (non-hydrogen) atoms. The van der Waals surface area contributed by atoms with Crippen LogP contribution in [0.2, 0.25) is 0 Å². The van der Waals surface area contributed by atoms with E-state index in [9.17, 15) is 13.2 Å². The third-order valence-electron chi connectivity index (χ3n) is 4.72. The van der Waals surface area contributed by atoms with Crippen molar-refractivity contribution in [2.24, 2.45) is 0 Å². The fourth-order valence-corrected chi connectivity index (χ4v) is 4.29. The Morgan fingerprint density at radius 1 is 0.967 bits per heavy atom. The number of aliphatic carboxylic acids is 1. The molecule has 0 amide bonds. The molecule has 0 bridgehead atoms. The van der Waals surface area contributed by atoms with Crippen LogP contribution < -0.4 is 4.74 Å². The molecule has 0 saturated heterocycles. The summed E-state index contributed by atoms with van der Waals surface area (Å²) in [5.74, 6) is -1.39. The van der Waals surface area contributed by atoms with Gasteiger partial charge in [-0.25, -0.2) is 8.42 Å². The predicted octanol–water partition coefficient (Wildman–Crippen LogP) is 4.91. The zero-order valence-corrected chi connectivity index (χ0v) is 17.7. The highest BCUT2D eigenvalue weighted by atomic mass is 32.2. The van der Waals surface area contributed by atoms with E-state index in [4.69, 9.17) is 9.84 Å². The van der Waals surface area contributed by atoms with Gasteiger partial charge in [0.2, 0.25) is 0 Å². The van der Waals surface area contributed by atoms with Gasteiger partial charge in [-0.15, -0.1) is 0 Å². The summed E-state index contributed by atoms with van der Waals surface area (Å²) in [7, 11) is -3.85. The van der Waals surface area contributed by atoms with Gasteiger partial charge in [0.25, 0.3) is 0 Å². The molecule has 0 aromatic heterocycles. The van der Waals surface area contributed by atoms with Gasteiger partial charge in [0, 0.05) is 0 Å². The molecule has 3 aromatic rings. The Labute approximate surface area is 176 Å². The van der Waals surface area contributed by atoms with Crippen LogP contribution in [0.4, 0.5) is 0 Å². The van der Waals surface area contributed by atoms with Gasteiger partial charge >= 0.3 is 5.97 Å². The van der Waals surface area contributed by atoms with Gasteiger partial charge in [0.1, 0.15) is 12.4 Å². The Hall–Kier alpha value is -3.12. The molecule has 0 saturated carbocycles. The highest BCUT2D eigenvalue weighted by Gasteiger charge is 2.18. The maximum atomic E-state index is 12.0. The normalized spacial score (nSPS) is 11.4. The first-order valence-corrected chi connectivity index (χ1v) is 11.3. The molecule has 0 atom stereocenters. The largest absolute Gasteiger partial charge is 0.489 e. The molecular weight excluding hydrogens is 400 g/mol. The van der Waals surface area contributed by atoms with Gasteiger partial charge in [-0.05, 0) is 58.5 Å². The van der Waals surface area contributed by atoms with E-state index in [-0.39, 0.29) is 4.90 Å². The van der Waals surface area contributed by atoms with E-state index < -0.39 is 21.6 Å². The Balaban J connectivity index is 1.73. The van der Waals surface area contributed by atoms with E-state index in [0.717, 1.165) is 11.1 Å². The number of carboxylic acids is 1. The molecule has 0 fully saturated rings. The number of hydrogen-bond donors (Lipinski definition) is 1. The second-order valence-corrected chi connectivity index (χ2v) is 9.34. The first kappa shape index (κ1) is 21.6. The predicted molar refractivity (Wildman–Crippen MR) is 116 cm³/mol. The first-order valence-electron chi connectivity index (χ1n) is 9.62. The third kappa shape index (κ3) is 5.27. The van der Waals surface area contributed by atoms with Gasteiger partial charge in [-0.1, -0.05) is 56.3 Å². The number of carboxylic acid groups (broad SMARTS) is 1. The van der Waals surface area contributed by atoms with E-state index in [0.29, 0.717) is 18.3 Å². The third-order valence-corrected chi connectivity index (χ3v) is 6.34. The summed E-state index contributed by atoms with van der Waals surface area (Å²) in [6.07, 6.45) is 0. The van der Waals surface area contributed by atoms with Crippen molar-refractivity contribution in [3.63, 3.8) is 0 Å². The van der Waals surface area contributed by atoms with Crippen molar-refractivity contribution in [1.82, 2.24) is 0 Å². The monoisotopic (exact) mass is 424 g/mol. The zero-order chi connectivity index (χ0) is 21.7. The number of hydrogen-bond acceptors (Lipinski definition) is 4. The quantitative estimate of drug-likeness (QED) is 0.555. The zero-order valence-electron chi connectivity index (χ0n) is 16.9. The molecule has 156 valence electrons. The van der Waals surface area contributed by atoms with E-state index in [1.807, 2.05) is 24.3 Å². The van der Waals surface area contributed by atoms with Crippen LogP contribution in [0.3, 0.4) is 0 Å². The molecule has 5 nitrogen and oxygen atoms in total. The molecular formula is C24H24O5S. The summed E-state index contributed by atoms with van der Waals surface area (Å²) >= 11 is 0. The summed E-state index contributed by atoms with van der Waals surface area (Å²) in [5, 5.41) is 8.72. The lowest BCUT2D eigenvalue weighted by Gasteiger charge is -2.14. The van der Waals surface area contributed by atoms with Crippen LogP contribution in [0.5, 0.6) is 5.75 Å². The number of rotatable bonds is 8. The standard InChI is InChI=1S/C24H24O5S/c1-17(2)22-8-3-4-9-23(22)19-7-5-6-18(14-19)15-29-20-10-12-21(13-11-20)30(27,28)16-24(25)26/h3-14,17H,15-16H2,1-2H3,(H,25,26). The number of benzene rings is 3. The van der Waals surface area contributed by atoms with Gasteiger partial charge in [-0.2, -0.15) is 0 Å². The van der Waals surface area contributed by atoms with Crippen LogP contribution in [-0.4, -0.2) is 25.2 Å². The van der Waals surface area contributed by atoms with E-state index >= 15 is 0 Å². The van der Waals surface area contributed by atoms with Crippen molar-refractivity contribution in [1.29, 1.82) is 0 Å². The first-order chi connectivity index (χ1) is 14.3. The minimum Gasteiger partial charge on any atom is -0.489 e. The number of ether oxygens (including phenoxy) is 1. The summed E-state index contributed by atoms with van der Waals surface area (Å²) in [4.78, 5) is 10.7. The van der Waals surface area contributed by atoms with Gasteiger partial charge in [-0.3, -0.25) is 4.79 Å². The van der Waals surface area contributed by atoms with Crippen molar-refractivity contribution >= 4 is 15.8 Å². The van der Waals surface area contributed by atoms with E-state index in [2.05, 4.69) is 38.1 Å². The molecule has 0 unspecified atom stereocenters. The van der Waals surface area contributed by atoms with Gasteiger partial charge < -0.3 is 9.84 Å². The fraction of sp³-hybridized carbons (Fsp3) is 0.208. The Morgan fingerprint density at radius 3 is 2.33 bits per heavy atom. The SMILES string of the molecule is CC(C)c1ccccc1-c1cccc(COc2ccc(S(=O)(=O)CC(=O)O)cc2)c1. The summed E-state index contributed by atoms with van der Waals surface area (Å²) in [5.41, 5.74) is 4.60. The van der Waals surface area contributed by atoms with Crippen molar-refractivity contribution < 1.29 is 23.1 Å². The lowest BCUT2D eigenvalue weighted by molar-refractivity contribution is -0.134. The molecule has 3 aromatic carbocycles. The van der Waals surface area contributed by atoms with Crippen LogP contribution in [-0.2, 0) is 21.2 Å². The van der Waals surface area contributed by atoms with Crippen LogP contribution in [0, 0.1) is 0 Å². The van der Waals surface area contributed by atoms with Crippen molar-refractivity contribution in [2.45, 2.75) is 31.3 Å². The molecule has 3 rings (SSSR count). The van der Waals surface area contributed by atoms with E-state index in [1.54, 1.807) is 0 Å². The minimum absolute atomic E-state index is 0.0375. The number of carbonyl (C=O) groups is 1. The van der Waals surface area contributed by atoms with Crippen molar-refractivity contribution in [2.75, 3.05) is 5.75 Å². The van der Waals surface area contributed by atoms with Crippen LogP contribution in [0.1, 0.15) is 30.9 Å². The molecule has 0 aliphatic rings. The molecule has 0 aliphatic heterocycles. The van der Waals surface area contributed by atoms with Crippen molar-refractivity contribution in [3.05, 3.63) is 83.9 Å². The smallest absolute Gasteiger partial charge is 0.319 e.